The molecule has 0 aliphatic heterocycles. The molecule has 0 aromatic heterocycles. The van der Waals surface area contributed by atoms with E-state index in [0.717, 1.165) is 5.56 Å². The van der Waals surface area contributed by atoms with E-state index in [9.17, 15) is 8.42 Å². The number of hydrogen-bond acceptors (Lipinski definition) is 4. The summed E-state index contributed by atoms with van der Waals surface area (Å²) in [6.45, 7) is 0.307. The number of sulfonamides is 1. The molecule has 5 nitrogen and oxygen atoms in total. The molecule has 21 heavy (non-hydrogen) atoms. The maximum atomic E-state index is 12.4. The third-order valence-electron chi connectivity index (χ3n) is 2.84. The van der Waals surface area contributed by atoms with E-state index < -0.39 is 10.0 Å². The molecule has 0 spiro atoms. The first-order chi connectivity index (χ1) is 9.94. The van der Waals surface area contributed by atoms with Crippen LogP contribution in [0.4, 0.5) is 11.4 Å². The first kappa shape index (κ1) is 15.6. The van der Waals surface area contributed by atoms with E-state index >= 15 is 0 Å². The molecule has 0 heterocycles. The summed E-state index contributed by atoms with van der Waals surface area (Å²) in [7, 11) is -2.19. The average Bonchev–Trinajstić information content (AvgIpc) is 2.44. The molecule has 0 bridgehead atoms. The predicted octanol–water partition coefficient (Wildman–Crippen LogP) is 2.87. The average molecular weight is 327 g/mol. The van der Waals surface area contributed by atoms with E-state index in [-0.39, 0.29) is 9.92 Å². The van der Waals surface area contributed by atoms with E-state index in [2.05, 4.69) is 4.72 Å². The van der Waals surface area contributed by atoms with Crippen LogP contribution < -0.4 is 10.5 Å². The van der Waals surface area contributed by atoms with Crippen molar-refractivity contribution in [3.63, 3.8) is 0 Å². The SMILES string of the molecule is COCc1ccccc1NS(=O)(=O)c1ccc(N)c(Cl)c1. The fraction of sp³-hybridized carbons (Fsp3) is 0.143. The number of nitrogens with two attached hydrogens (primary N) is 1. The molecule has 112 valence electrons. The fourth-order valence-corrected chi connectivity index (χ4v) is 3.15. The van der Waals surface area contributed by atoms with Crippen molar-refractivity contribution < 1.29 is 13.2 Å². The Morgan fingerprint density at radius 3 is 2.62 bits per heavy atom. The van der Waals surface area contributed by atoms with Gasteiger partial charge in [-0.1, -0.05) is 29.8 Å². The van der Waals surface area contributed by atoms with Gasteiger partial charge in [-0.05, 0) is 24.3 Å². The van der Waals surface area contributed by atoms with Crippen LogP contribution in [0.5, 0.6) is 0 Å². The maximum absolute atomic E-state index is 12.4. The van der Waals surface area contributed by atoms with Gasteiger partial charge in [0, 0.05) is 12.7 Å². The summed E-state index contributed by atoms with van der Waals surface area (Å²) in [5.41, 5.74) is 7.12. The monoisotopic (exact) mass is 326 g/mol. The minimum absolute atomic E-state index is 0.0499. The van der Waals surface area contributed by atoms with Gasteiger partial charge in [0.05, 0.1) is 27.9 Å². The van der Waals surface area contributed by atoms with Crippen molar-refractivity contribution in [2.24, 2.45) is 0 Å². The highest BCUT2D eigenvalue weighted by molar-refractivity contribution is 7.92. The minimum Gasteiger partial charge on any atom is -0.398 e. The zero-order chi connectivity index (χ0) is 15.5. The lowest BCUT2D eigenvalue weighted by molar-refractivity contribution is 0.185. The summed E-state index contributed by atoms with van der Waals surface area (Å²) >= 11 is 5.87. The second-order valence-corrected chi connectivity index (χ2v) is 6.47. The quantitative estimate of drug-likeness (QED) is 0.828. The number of anilines is 2. The molecular weight excluding hydrogens is 312 g/mol. The summed E-state index contributed by atoms with van der Waals surface area (Å²) in [4.78, 5) is 0.0499. The van der Waals surface area contributed by atoms with E-state index in [1.165, 1.54) is 18.2 Å². The lowest BCUT2D eigenvalue weighted by atomic mass is 10.2. The largest absolute Gasteiger partial charge is 0.398 e. The fourth-order valence-electron chi connectivity index (χ4n) is 1.78. The van der Waals surface area contributed by atoms with E-state index in [4.69, 9.17) is 22.1 Å². The number of rotatable bonds is 5. The van der Waals surface area contributed by atoms with Crippen molar-refractivity contribution in [1.82, 2.24) is 0 Å². The molecule has 0 aliphatic carbocycles. The molecule has 3 N–H and O–H groups in total. The Morgan fingerprint density at radius 2 is 1.95 bits per heavy atom. The molecule has 0 amide bonds. The minimum atomic E-state index is -3.74. The van der Waals surface area contributed by atoms with E-state index in [1.54, 1.807) is 25.3 Å². The molecule has 0 aliphatic rings. The molecule has 0 saturated heterocycles. The molecule has 2 aromatic rings. The third-order valence-corrected chi connectivity index (χ3v) is 4.53. The lowest BCUT2D eigenvalue weighted by Gasteiger charge is -2.12. The van der Waals surface area contributed by atoms with Crippen molar-refractivity contribution >= 4 is 33.0 Å². The van der Waals surface area contributed by atoms with Gasteiger partial charge in [-0.2, -0.15) is 0 Å². The highest BCUT2D eigenvalue weighted by Gasteiger charge is 2.17. The summed E-state index contributed by atoms with van der Waals surface area (Å²) in [5.74, 6) is 0. The van der Waals surface area contributed by atoms with Crippen LogP contribution in [0, 0.1) is 0 Å². The van der Waals surface area contributed by atoms with Gasteiger partial charge in [0.15, 0.2) is 0 Å². The molecule has 0 radical (unpaired) electrons. The van der Waals surface area contributed by atoms with E-state index in [0.29, 0.717) is 18.0 Å². The van der Waals surface area contributed by atoms with Crippen molar-refractivity contribution in [3.8, 4) is 0 Å². The Hall–Kier alpha value is -1.76. The van der Waals surface area contributed by atoms with Crippen LogP contribution >= 0.6 is 11.6 Å². The number of halogens is 1. The van der Waals surface area contributed by atoms with Gasteiger partial charge < -0.3 is 10.5 Å². The second kappa shape index (κ2) is 6.34. The molecular formula is C14H15ClN2O3S. The summed E-state index contributed by atoms with van der Waals surface area (Å²) in [6, 6.07) is 11.2. The van der Waals surface area contributed by atoms with Crippen LogP contribution in [0.2, 0.25) is 5.02 Å². The molecule has 0 atom stereocenters. The summed E-state index contributed by atoms with van der Waals surface area (Å²) in [6.07, 6.45) is 0. The first-order valence-electron chi connectivity index (χ1n) is 6.09. The van der Waals surface area contributed by atoms with Gasteiger partial charge in [0.25, 0.3) is 10.0 Å². The van der Waals surface area contributed by atoms with Crippen molar-refractivity contribution in [2.45, 2.75) is 11.5 Å². The smallest absolute Gasteiger partial charge is 0.261 e. The normalized spacial score (nSPS) is 11.3. The first-order valence-corrected chi connectivity index (χ1v) is 7.95. The van der Waals surface area contributed by atoms with Gasteiger partial charge in [0.2, 0.25) is 0 Å². The maximum Gasteiger partial charge on any atom is 0.261 e. The summed E-state index contributed by atoms with van der Waals surface area (Å²) < 4.78 is 32.3. The molecule has 0 unspecified atom stereocenters. The van der Waals surface area contributed by atoms with Gasteiger partial charge >= 0.3 is 0 Å². The van der Waals surface area contributed by atoms with Crippen molar-refractivity contribution in [2.75, 3.05) is 17.6 Å². The van der Waals surface area contributed by atoms with Gasteiger partial charge in [-0.3, -0.25) is 4.72 Å². The number of nitrogens with one attached hydrogen (secondary N) is 1. The van der Waals surface area contributed by atoms with Crippen molar-refractivity contribution in [1.29, 1.82) is 0 Å². The molecule has 0 fully saturated rings. The Bertz CT molecular complexity index is 748. The van der Waals surface area contributed by atoms with E-state index in [1.807, 2.05) is 6.07 Å². The van der Waals surface area contributed by atoms with Crippen LogP contribution in [0.25, 0.3) is 0 Å². The topological polar surface area (TPSA) is 81.4 Å². The van der Waals surface area contributed by atoms with Gasteiger partial charge in [-0.25, -0.2) is 8.42 Å². The number of para-hydroxylation sites is 1. The molecule has 2 rings (SSSR count). The zero-order valence-electron chi connectivity index (χ0n) is 11.3. The van der Waals surface area contributed by atoms with Crippen LogP contribution in [0.1, 0.15) is 5.56 Å². The second-order valence-electron chi connectivity index (χ2n) is 4.38. The van der Waals surface area contributed by atoms with Crippen LogP contribution in [-0.2, 0) is 21.4 Å². The Morgan fingerprint density at radius 1 is 1.24 bits per heavy atom. The number of hydrogen-bond donors (Lipinski definition) is 2. The third kappa shape index (κ3) is 3.66. The molecule has 7 heteroatoms. The van der Waals surface area contributed by atoms with Gasteiger partial charge in [0.1, 0.15) is 0 Å². The molecule has 0 saturated carbocycles. The van der Waals surface area contributed by atoms with Crippen LogP contribution in [0.3, 0.4) is 0 Å². The standard InChI is InChI=1S/C14H15ClN2O3S/c1-20-9-10-4-2-3-5-14(10)17-21(18,19)11-6-7-13(16)12(15)8-11/h2-8,17H,9,16H2,1H3. The number of ether oxygens (including phenoxy) is 1. The Balaban J connectivity index is 2.35. The van der Waals surface area contributed by atoms with Gasteiger partial charge in [-0.15, -0.1) is 0 Å². The number of methoxy groups -OCH3 is 1. The van der Waals surface area contributed by atoms with Crippen LogP contribution in [0.15, 0.2) is 47.4 Å². The van der Waals surface area contributed by atoms with Crippen molar-refractivity contribution in [3.05, 3.63) is 53.1 Å². The molecule has 2 aromatic carbocycles. The highest BCUT2D eigenvalue weighted by Crippen LogP contribution is 2.25. The highest BCUT2D eigenvalue weighted by atomic mass is 35.5. The Labute approximate surface area is 128 Å². The van der Waals surface area contributed by atoms with Crippen LogP contribution in [-0.4, -0.2) is 15.5 Å². The zero-order valence-corrected chi connectivity index (χ0v) is 12.9. The predicted molar refractivity (Wildman–Crippen MR) is 83.8 cm³/mol. The number of benzene rings is 2. The number of nitrogen functional groups attached to an aromatic ring is 1. The Kier molecular flexibility index (Phi) is 4.72. The lowest BCUT2D eigenvalue weighted by Crippen LogP contribution is -2.14. The summed E-state index contributed by atoms with van der Waals surface area (Å²) in [5, 5.41) is 0.197.